The zero-order chi connectivity index (χ0) is 15.5. The van der Waals surface area contributed by atoms with Crippen LogP contribution in [0.4, 0.5) is 13.2 Å². The SMILES string of the molecule is Cc1cc(OCC(/C(N)=N/O)C(F)(F)F)cc(C)c1Br. The van der Waals surface area contributed by atoms with Gasteiger partial charge in [0.25, 0.3) is 0 Å². The van der Waals surface area contributed by atoms with Gasteiger partial charge >= 0.3 is 6.18 Å². The fourth-order valence-corrected chi connectivity index (χ4v) is 1.82. The van der Waals surface area contributed by atoms with Crippen molar-refractivity contribution in [3.63, 3.8) is 0 Å². The monoisotopic (exact) mass is 354 g/mol. The number of hydrogen-bond acceptors (Lipinski definition) is 3. The molecular weight excluding hydrogens is 341 g/mol. The van der Waals surface area contributed by atoms with E-state index >= 15 is 0 Å². The maximum Gasteiger partial charge on any atom is 0.402 e. The smallest absolute Gasteiger partial charge is 0.402 e. The Hall–Kier alpha value is -1.44. The van der Waals surface area contributed by atoms with E-state index in [1.165, 1.54) is 0 Å². The van der Waals surface area contributed by atoms with Crippen LogP contribution >= 0.6 is 15.9 Å². The molecule has 112 valence electrons. The van der Waals surface area contributed by atoms with Gasteiger partial charge in [0.05, 0.1) is 0 Å². The second-order valence-electron chi connectivity index (χ2n) is 4.30. The highest BCUT2D eigenvalue weighted by Crippen LogP contribution is 2.29. The Morgan fingerprint density at radius 2 is 1.90 bits per heavy atom. The normalized spacial score (nSPS) is 14.2. The van der Waals surface area contributed by atoms with Gasteiger partial charge in [0.1, 0.15) is 18.3 Å². The molecule has 0 radical (unpaired) electrons. The van der Waals surface area contributed by atoms with E-state index in [-0.39, 0.29) is 0 Å². The molecule has 0 heterocycles. The van der Waals surface area contributed by atoms with Crippen LogP contribution in [0.15, 0.2) is 21.8 Å². The molecule has 4 nitrogen and oxygen atoms in total. The second kappa shape index (κ2) is 6.34. The molecule has 1 atom stereocenters. The van der Waals surface area contributed by atoms with Crippen molar-refractivity contribution in [2.45, 2.75) is 20.0 Å². The summed E-state index contributed by atoms with van der Waals surface area (Å²) in [6.07, 6.45) is -4.64. The first-order valence-corrected chi connectivity index (χ1v) is 6.39. The maximum atomic E-state index is 12.7. The number of oxime groups is 1. The summed E-state index contributed by atoms with van der Waals surface area (Å²) in [4.78, 5) is 0. The van der Waals surface area contributed by atoms with E-state index in [9.17, 15) is 13.2 Å². The summed E-state index contributed by atoms with van der Waals surface area (Å²) in [5, 5.41) is 10.8. The molecule has 0 fully saturated rings. The number of amidine groups is 1. The second-order valence-corrected chi connectivity index (χ2v) is 5.09. The predicted octanol–water partition coefficient (Wildman–Crippen LogP) is 3.37. The Kier molecular flexibility index (Phi) is 5.27. The molecule has 20 heavy (non-hydrogen) atoms. The van der Waals surface area contributed by atoms with Gasteiger partial charge in [-0.1, -0.05) is 21.1 Å². The summed E-state index contributed by atoms with van der Waals surface area (Å²) in [6, 6.07) is 3.22. The number of halogens is 4. The van der Waals surface area contributed by atoms with Crippen LogP contribution in [0, 0.1) is 19.8 Å². The third-order valence-corrected chi connectivity index (χ3v) is 3.95. The highest BCUT2D eigenvalue weighted by molar-refractivity contribution is 9.10. The van der Waals surface area contributed by atoms with Crippen LogP contribution in [0.5, 0.6) is 5.75 Å². The number of benzene rings is 1. The molecule has 1 unspecified atom stereocenters. The van der Waals surface area contributed by atoms with Gasteiger partial charge in [0.15, 0.2) is 5.84 Å². The molecule has 0 bridgehead atoms. The minimum absolute atomic E-state index is 0.295. The van der Waals surface area contributed by atoms with Crippen molar-refractivity contribution >= 4 is 21.8 Å². The summed E-state index contributed by atoms with van der Waals surface area (Å²) in [5.74, 6) is -2.79. The minimum Gasteiger partial charge on any atom is -0.492 e. The predicted molar refractivity (Wildman–Crippen MR) is 72.1 cm³/mol. The Labute approximate surface area is 122 Å². The van der Waals surface area contributed by atoms with Gasteiger partial charge < -0.3 is 15.7 Å². The summed E-state index contributed by atoms with van der Waals surface area (Å²) < 4.78 is 44.2. The number of alkyl halides is 3. The number of hydrogen-bond donors (Lipinski definition) is 2. The molecule has 0 amide bonds. The number of nitrogens with zero attached hydrogens (tertiary/aromatic N) is 1. The molecular formula is C12H14BrF3N2O2. The van der Waals surface area contributed by atoms with Crippen LogP contribution in [0.2, 0.25) is 0 Å². The molecule has 1 aromatic carbocycles. The van der Waals surface area contributed by atoms with Gasteiger partial charge in [-0.3, -0.25) is 0 Å². The number of ether oxygens (including phenoxy) is 1. The highest BCUT2D eigenvalue weighted by Gasteiger charge is 2.43. The first kappa shape index (κ1) is 16.6. The van der Waals surface area contributed by atoms with E-state index in [2.05, 4.69) is 21.1 Å². The summed E-state index contributed by atoms with van der Waals surface area (Å²) in [7, 11) is 0. The molecule has 0 aromatic heterocycles. The zero-order valence-electron chi connectivity index (χ0n) is 10.8. The largest absolute Gasteiger partial charge is 0.492 e. The lowest BCUT2D eigenvalue weighted by Gasteiger charge is -2.19. The van der Waals surface area contributed by atoms with Crippen molar-refractivity contribution in [2.75, 3.05) is 6.61 Å². The van der Waals surface area contributed by atoms with E-state index in [4.69, 9.17) is 15.7 Å². The molecule has 1 aromatic rings. The standard InChI is InChI=1S/C12H14BrF3N2O2/c1-6-3-8(4-7(2)10(6)13)20-5-9(11(17)18-19)12(14,15)16/h3-4,9,19H,5H2,1-2H3,(H2,17,18). The Morgan fingerprint density at radius 3 is 2.30 bits per heavy atom. The van der Waals surface area contributed by atoms with Crippen LogP contribution in [-0.2, 0) is 0 Å². The van der Waals surface area contributed by atoms with Gasteiger partial charge in [-0.25, -0.2) is 0 Å². The fraction of sp³-hybridized carbons (Fsp3) is 0.417. The van der Waals surface area contributed by atoms with Crippen molar-refractivity contribution in [3.05, 3.63) is 27.7 Å². The first-order chi connectivity index (χ1) is 9.16. The molecule has 8 heteroatoms. The minimum atomic E-state index is -4.64. The maximum absolute atomic E-state index is 12.7. The van der Waals surface area contributed by atoms with E-state index in [0.29, 0.717) is 5.75 Å². The van der Waals surface area contributed by atoms with Gasteiger partial charge in [0, 0.05) is 4.47 Å². The van der Waals surface area contributed by atoms with Crippen LogP contribution < -0.4 is 10.5 Å². The van der Waals surface area contributed by atoms with Crippen LogP contribution in [0.25, 0.3) is 0 Å². The average Bonchev–Trinajstić information content (AvgIpc) is 2.34. The molecule has 0 saturated heterocycles. The van der Waals surface area contributed by atoms with E-state index in [0.717, 1.165) is 15.6 Å². The lowest BCUT2D eigenvalue weighted by atomic mass is 10.1. The molecule has 0 aliphatic rings. The Balaban J connectivity index is 2.89. The lowest BCUT2D eigenvalue weighted by molar-refractivity contribution is -0.162. The van der Waals surface area contributed by atoms with Crippen molar-refractivity contribution in [1.29, 1.82) is 0 Å². The average molecular weight is 355 g/mol. The summed E-state index contributed by atoms with van der Waals surface area (Å²) in [6.45, 7) is 2.85. The number of aryl methyl sites for hydroxylation is 2. The van der Waals surface area contributed by atoms with E-state index in [1.54, 1.807) is 26.0 Å². The van der Waals surface area contributed by atoms with Gasteiger partial charge in [-0.05, 0) is 37.1 Å². The third kappa shape index (κ3) is 4.03. The fourth-order valence-electron chi connectivity index (χ4n) is 1.59. The molecule has 1 rings (SSSR count). The number of nitrogens with two attached hydrogens (primary N) is 1. The van der Waals surface area contributed by atoms with Gasteiger partial charge in [-0.15, -0.1) is 0 Å². The van der Waals surface area contributed by atoms with Gasteiger partial charge in [0.2, 0.25) is 0 Å². The van der Waals surface area contributed by atoms with Gasteiger partial charge in [-0.2, -0.15) is 13.2 Å². The molecule has 0 spiro atoms. The molecule has 0 aliphatic heterocycles. The Bertz CT molecular complexity index is 495. The van der Waals surface area contributed by atoms with Crippen molar-refractivity contribution in [3.8, 4) is 5.75 Å². The van der Waals surface area contributed by atoms with Crippen LogP contribution in [-0.4, -0.2) is 23.8 Å². The topological polar surface area (TPSA) is 67.8 Å². The Morgan fingerprint density at radius 1 is 1.40 bits per heavy atom. The van der Waals surface area contributed by atoms with Crippen molar-refractivity contribution in [2.24, 2.45) is 16.8 Å². The quantitative estimate of drug-likeness (QED) is 0.377. The molecule has 0 aliphatic carbocycles. The highest BCUT2D eigenvalue weighted by atomic mass is 79.9. The first-order valence-electron chi connectivity index (χ1n) is 5.60. The molecule has 3 N–H and O–H groups in total. The van der Waals surface area contributed by atoms with Crippen molar-refractivity contribution in [1.82, 2.24) is 0 Å². The summed E-state index contributed by atoms with van der Waals surface area (Å²) in [5.41, 5.74) is 6.72. The number of rotatable bonds is 4. The molecule has 0 saturated carbocycles. The third-order valence-electron chi connectivity index (χ3n) is 2.69. The van der Waals surface area contributed by atoms with Crippen molar-refractivity contribution < 1.29 is 23.1 Å². The lowest BCUT2D eigenvalue weighted by Crippen LogP contribution is -2.40. The zero-order valence-corrected chi connectivity index (χ0v) is 12.4. The summed E-state index contributed by atoms with van der Waals surface area (Å²) >= 11 is 3.35. The van der Waals surface area contributed by atoms with Crippen LogP contribution in [0.3, 0.4) is 0 Å². The van der Waals surface area contributed by atoms with Crippen LogP contribution in [0.1, 0.15) is 11.1 Å². The van der Waals surface area contributed by atoms with E-state index in [1.807, 2.05) is 0 Å². The van der Waals surface area contributed by atoms with E-state index < -0.39 is 24.5 Å².